The molecule has 6 nitrogen and oxygen atoms in total. The van der Waals surface area contributed by atoms with Crippen LogP contribution in [0.4, 0.5) is 5.82 Å². The monoisotopic (exact) mass is 228 g/mol. The second-order valence-electron chi connectivity index (χ2n) is 3.73. The molecule has 86 valence electrons. The van der Waals surface area contributed by atoms with Gasteiger partial charge in [0.2, 0.25) is 0 Å². The largest absolute Gasteiger partial charge is 0.360 e. The van der Waals surface area contributed by atoms with Gasteiger partial charge in [-0.15, -0.1) is 0 Å². The van der Waals surface area contributed by atoms with E-state index in [1.807, 2.05) is 13.8 Å². The van der Waals surface area contributed by atoms with E-state index in [0.717, 1.165) is 11.5 Å². The quantitative estimate of drug-likeness (QED) is 0.831. The van der Waals surface area contributed by atoms with Gasteiger partial charge in [0, 0.05) is 5.69 Å². The summed E-state index contributed by atoms with van der Waals surface area (Å²) in [4.78, 5) is 8.36. The SMILES string of the molecule is Cc1cc(C#N)cc(NC(C)c2ncn[nH]2)n1. The van der Waals surface area contributed by atoms with Crippen molar-refractivity contribution >= 4 is 5.82 Å². The predicted molar refractivity (Wildman–Crippen MR) is 62.1 cm³/mol. The number of H-pyrrole nitrogens is 1. The fourth-order valence-corrected chi connectivity index (χ4v) is 1.52. The van der Waals surface area contributed by atoms with Gasteiger partial charge in [-0.1, -0.05) is 0 Å². The Morgan fingerprint density at radius 3 is 2.94 bits per heavy atom. The number of hydrogen-bond acceptors (Lipinski definition) is 5. The van der Waals surface area contributed by atoms with Crippen LogP contribution >= 0.6 is 0 Å². The summed E-state index contributed by atoms with van der Waals surface area (Å²) in [5.74, 6) is 1.39. The molecule has 0 saturated heterocycles. The lowest BCUT2D eigenvalue weighted by atomic mass is 10.2. The summed E-state index contributed by atoms with van der Waals surface area (Å²) in [6.45, 7) is 3.79. The second kappa shape index (κ2) is 4.61. The van der Waals surface area contributed by atoms with Gasteiger partial charge in [0.15, 0.2) is 0 Å². The Labute approximate surface area is 98.7 Å². The van der Waals surface area contributed by atoms with Crippen molar-refractivity contribution in [1.29, 1.82) is 5.26 Å². The molecule has 1 atom stereocenters. The summed E-state index contributed by atoms with van der Waals surface area (Å²) in [5.41, 5.74) is 1.39. The third-order valence-electron chi connectivity index (χ3n) is 2.29. The molecule has 0 aromatic carbocycles. The zero-order valence-electron chi connectivity index (χ0n) is 9.60. The summed E-state index contributed by atoms with van der Waals surface area (Å²) in [6, 6.07) is 5.51. The molecule has 0 fully saturated rings. The van der Waals surface area contributed by atoms with E-state index in [-0.39, 0.29) is 6.04 Å². The maximum Gasteiger partial charge on any atom is 0.146 e. The number of nitrogens with zero attached hydrogens (tertiary/aromatic N) is 4. The average Bonchev–Trinajstić information content (AvgIpc) is 2.81. The van der Waals surface area contributed by atoms with Crippen molar-refractivity contribution < 1.29 is 0 Å². The molecule has 2 rings (SSSR count). The van der Waals surface area contributed by atoms with Crippen LogP contribution in [0.5, 0.6) is 0 Å². The number of rotatable bonds is 3. The van der Waals surface area contributed by atoms with Crippen LogP contribution in [-0.4, -0.2) is 20.2 Å². The molecule has 0 radical (unpaired) electrons. The van der Waals surface area contributed by atoms with Crippen LogP contribution in [0.3, 0.4) is 0 Å². The zero-order chi connectivity index (χ0) is 12.3. The summed E-state index contributed by atoms with van der Waals surface area (Å²) in [5, 5.41) is 18.6. The first-order valence-corrected chi connectivity index (χ1v) is 5.19. The van der Waals surface area contributed by atoms with Gasteiger partial charge >= 0.3 is 0 Å². The van der Waals surface area contributed by atoms with E-state index in [1.54, 1.807) is 12.1 Å². The first-order valence-electron chi connectivity index (χ1n) is 5.19. The topological polar surface area (TPSA) is 90.3 Å². The summed E-state index contributed by atoms with van der Waals surface area (Å²) in [6.07, 6.45) is 1.46. The van der Waals surface area contributed by atoms with Crippen LogP contribution in [0, 0.1) is 18.3 Å². The molecule has 2 aromatic heterocycles. The second-order valence-corrected chi connectivity index (χ2v) is 3.73. The van der Waals surface area contributed by atoms with Gasteiger partial charge in [-0.25, -0.2) is 9.97 Å². The van der Waals surface area contributed by atoms with Crippen molar-refractivity contribution in [2.75, 3.05) is 5.32 Å². The lowest BCUT2D eigenvalue weighted by Gasteiger charge is -2.12. The Kier molecular flexibility index (Phi) is 3.01. The average molecular weight is 228 g/mol. The number of anilines is 1. The summed E-state index contributed by atoms with van der Waals surface area (Å²) >= 11 is 0. The van der Waals surface area contributed by atoms with E-state index in [4.69, 9.17) is 5.26 Å². The van der Waals surface area contributed by atoms with Crippen LogP contribution in [0.15, 0.2) is 18.5 Å². The maximum absolute atomic E-state index is 8.87. The summed E-state index contributed by atoms with van der Waals surface area (Å²) in [7, 11) is 0. The molecule has 2 heterocycles. The Morgan fingerprint density at radius 2 is 2.29 bits per heavy atom. The Balaban J connectivity index is 2.19. The van der Waals surface area contributed by atoms with Crippen molar-refractivity contribution in [1.82, 2.24) is 20.2 Å². The van der Waals surface area contributed by atoms with Crippen molar-refractivity contribution in [3.05, 3.63) is 35.5 Å². The Hall–Kier alpha value is -2.42. The van der Waals surface area contributed by atoms with E-state index >= 15 is 0 Å². The van der Waals surface area contributed by atoms with E-state index in [9.17, 15) is 0 Å². The molecular formula is C11H12N6. The van der Waals surface area contributed by atoms with E-state index in [1.165, 1.54) is 6.33 Å². The van der Waals surface area contributed by atoms with Crippen LogP contribution in [0.25, 0.3) is 0 Å². The van der Waals surface area contributed by atoms with Gasteiger partial charge in [-0.2, -0.15) is 10.4 Å². The molecule has 0 aliphatic heterocycles. The minimum absolute atomic E-state index is 0.0432. The Morgan fingerprint density at radius 1 is 1.47 bits per heavy atom. The molecule has 0 spiro atoms. The minimum Gasteiger partial charge on any atom is -0.360 e. The van der Waals surface area contributed by atoms with Crippen LogP contribution in [0.1, 0.15) is 30.0 Å². The van der Waals surface area contributed by atoms with Gasteiger partial charge in [0.25, 0.3) is 0 Å². The highest BCUT2D eigenvalue weighted by Gasteiger charge is 2.09. The van der Waals surface area contributed by atoms with Crippen molar-refractivity contribution in [3.8, 4) is 6.07 Å². The minimum atomic E-state index is -0.0432. The first kappa shape index (κ1) is 11.1. The lowest BCUT2D eigenvalue weighted by Crippen LogP contribution is -2.10. The van der Waals surface area contributed by atoms with Gasteiger partial charge < -0.3 is 5.32 Å². The molecule has 0 amide bonds. The van der Waals surface area contributed by atoms with Gasteiger partial charge in [-0.3, -0.25) is 5.10 Å². The third-order valence-corrected chi connectivity index (χ3v) is 2.29. The third kappa shape index (κ3) is 2.58. The van der Waals surface area contributed by atoms with Gasteiger partial charge in [0.1, 0.15) is 18.0 Å². The standard InChI is InChI=1S/C11H12N6/c1-7-3-9(5-12)4-10(15-7)16-8(2)11-13-6-14-17-11/h3-4,6,8H,1-2H3,(H,15,16)(H,13,14,17). The highest BCUT2D eigenvalue weighted by Crippen LogP contribution is 2.15. The summed E-state index contributed by atoms with van der Waals surface area (Å²) < 4.78 is 0. The molecule has 0 aliphatic rings. The number of nitriles is 1. The number of hydrogen-bond donors (Lipinski definition) is 2. The molecule has 0 saturated carbocycles. The van der Waals surface area contributed by atoms with Crippen LogP contribution < -0.4 is 5.32 Å². The van der Waals surface area contributed by atoms with Crippen molar-refractivity contribution in [3.63, 3.8) is 0 Å². The predicted octanol–water partition coefficient (Wildman–Crippen LogP) is 1.55. The van der Waals surface area contributed by atoms with E-state index in [0.29, 0.717) is 11.4 Å². The molecule has 2 aromatic rings. The van der Waals surface area contributed by atoms with Gasteiger partial charge in [0.05, 0.1) is 17.7 Å². The molecule has 0 aliphatic carbocycles. The Bertz CT molecular complexity index is 540. The fraction of sp³-hybridized carbons (Fsp3) is 0.273. The molecule has 1 unspecified atom stereocenters. The molecule has 17 heavy (non-hydrogen) atoms. The molecule has 0 bridgehead atoms. The smallest absolute Gasteiger partial charge is 0.146 e. The van der Waals surface area contributed by atoms with Crippen LogP contribution in [0.2, 0.25) is 0 Å². The highest BCUT2D eigenvalue weighted by atomic mass is 15.2. The number of nitrogens with one attached hydrogen (secondary N) is 2. The molecular weight excluding hydrogens is 216 g/mol. The number of aromatic amines is 1. The first-order chi connectivity index (χ1) is 8.19. The number of aromatic nitrogens is 4. The van der Waals surface area contributed by atoms with Crippen LogP contribution in [-0.2, 0) is 0 Å². The van der Waals surface area contributed by atoms with Crippen molar-refractivity contribution in [2.24, 2.45) is 0 Å². The molecule has 6 heteroatoms. The van der Waals surface area contributed by atoms with Crippen molar-refractivity contribution in [2.45, 2.75) is 19.9 Å². The fourth-order valence-electron chi connectivity index (χ4n) is 1.52. The van der Waals surface area contributed by atoms with Gasteiger partial charge in [-0.05, 0) is 26.0 Å². The zero-order valence-corrected chi connectivity index (χ0v) is 9.60. The normalized spacial score (nSPS) is 11.8. The number of pyridine rings is 1. The lowest BCUT2D eigenvalue weighted by molar-refractivity contribution is 0.789. The highest BCUT2D eigenvalue weighted by molar-refractivity contribution is 5.45. The molecule has 2 N–H and O–H groups in total. The van der Waals surface area contributed by atoms with E-state index < -0.39 is 0 Å². The number of aryl methyl sites for hydroxylation is 1. The maximum atomic E-state index is 8.87. The van der Waals surface area contributed by atoms with E-state index in [2.05, 4.69) is 31.6 Å².